The summed E-state index contributed by atoms with van der Waals surface area (Å²) in [6.07, 6.45) is 43.1. The lowest BCUT2D eigenvalue weighted by molar-refractivity contribution is -0.929. The Morgan fingerprint density at radius 2 is 0.533 bits per heavy atom. The summed E-state index contributed by atoms with van der Waals surface area (Å²) < 4.78 is 1.47. The van der Waals surface area contributed by atoms with Gasteiger partial charge in [0, 0.05) is 5.97 Å². The molecule has 0 amide bonds. The SMILES string of the molecule is CCCCCCCCCC(=O)[O-].CCCCCCCCCCCCCC[N+](CCCCCC)(CCCCCC)CCCCCC. The summed E-state index contributed by atoms with van der Waals surface area (Å²) in [5.41, 5.74) is 0. The van der Waals surface area contributed by atoms with Gasteiger partial charge in [0.25, 0.3) is 0 Å². The molecule has 3 heteroatoms. The third-order valence-corrected chi connectivity index (χ3v) is 9.93. The number of carboxylic acid groups (broad SMARTS) is 1. The number of hydrogen-bond acceptors (Lipinski definition) is 2. The summed E-state index contributed by atoms with van der Waals surface area (Å²) in [4.78, 5) is 10.0. The second kappa shape index (κ2) is 39.6. The zero-order chi connectivity index (χ0) is 33.5. The Kier molecular flexibility index (Phi) is 41.0. The van der Waals surface area contributed by atoms with Crippen LogP contribution in [0.5, 0.6) is 0 Å². The number of rotatable bonds is 36. The van der Waals surface area contributed by atoms with Crippen molar-refractivity contribution in [1.29, 1.82) is 0 Å². The van der Waals surface area contributed by atoms with Crippen molar-refractivity contribution in [3.8, 4) is 0 Å². The molecule has 0 unspecified atom stereocenters. The van der Waals surface area contributed by atoms with Crippen molar-refractivity contribution in [3.63, 3.8) is 0 Å². The maximum atomic E-state index is 10.0. The van der Waals surface area contributed by atoms with Crippen LogP contribution in [0, 0.1) is 0 Å². The molecule has 0 aromatic carbocycles. The number of aliphatic carboxylic acids is 1. The van der Waals surface area contributed by atoms with Crippen LogP contribution in [0.2, 0.25) is 0 Å². The topological polar surface area (TPSA) is 40.1 Å². The number of carbonyl (C=O) groups excluding carboxylic acids is 1. The number of carbonyl (C=O) groups is 1. The third-order valence-electron chi connectivity index (χ3n) is 9.93. The van der Waals surface area contributed by atoms with Gasteiger partial charge in [-0.15, -0.1) is 0 Å². The molecule has 0 saturated heterocycles. The average molecular weight is 638 g/mol. The molecule has 0 aliphatic rings. The summed E-state index contributed by atoms with van der Waals surface area (Å²) >= 11 is 0. The van der Waals surface area contributed by atoms with E-state index in [2.05, 4.69) is 34.6 Å². The van der Waals surface area contributed by atoms with Crippen molar-refractivity contribution in [2.75, 3.05) is 26.2 Å². The molecule has 0 rings (SSSR count). The van der Waals surface area contributed by atoms with E-state index in [1.807, 2.05) is 0 Å². The van der Waals surface area contributed by atoms with Gasteiger partial charge in [-0.1, -0.05) is 176 Å². The molecule has 0 aliphatic carbocycles. The molecule has 0 saturated carbocycles. The maximum Gasteiger partial charge on any atom is 0.0786 e. The lowest BCUT2D eigenvalue weighted by atomic mass is 10.0. The molecule has 0 spiro atoms. The van der Waals surface area contributed by atoms with Crippen molar-refractivity contribution in [2.24, 2.45) is 0 Å². The lowest BCUT2D eigenvalue weighted by Gasteiger charge is -2.39. The van der Waals surface area contributed by atoms with Crippen LogP contribution in [-0.2, 0) is 4.79 Å². The largest absolute Gasteiger partial charge is 0.550 e. The van der Waals surface area contributed by atoms with Gasteiger partial charge in [-0.25, -0.2) is 0 Å². The van der Waals surface area contributed by atoms with E-state index in [9.17, 15) is 9.90 Å². The highest BCUT2D eigenvalue weighted by Gasteiger charge is 2.25. The fourth-order valence-corrected chi connectivity index (χ4v) is 6.81. The first kappa shape index (κ1) is 46.5. The van der Waals surface area contributed by atoms with E-state index in [4.69, 9.17) is 0 Å². The maximum absolute atomic E-state index is 10.0. The molecule has 3 nitrogen and oxygen atoms in total. The Bertz CT molecular complexity index is 518. The molecule has 0 fully saturated rings. The third kappa shape index (κ3) is 37.8. The Balaban J connectivity index is 0. The number of hydrogen-bond donors (Lipinski definition) is 0. The summed E-state index contributed by atoms with van der Waals surface area (Å²) in [6, 6.07) is 0. The highest BCUT2D eigenvalue weighted by atomic mass is 16.4. The number of unbranched alkanes of at least 4 members (excludes halogenated alkanes) is 26. The first-order valence-corrected chi connectivity index (χ1v) is 21.1. The molecule has 0 N–H and O–H groups in total. The van der Waals surface area contributed by atoms with E-state index >= 15 is 0 Å². The first-order valence-electron chi connectivity index (χ1n) is 21.1. The second-order valence-electron chi connectivity index (χ2n) is 14.6. The van der Waals surface area contributed by atoms with Crippen LogP contribution in [0.25, 0.3) is 0 Å². The normalized spacial score (nSPS) is 11.5. The molecule has 0 aliphatic heterocycles. The minimum absolute atomic E-state index is 0.230. The Hall–Kier alpha value is -0.570. The van der Waals surface area contributed by atoms with Gasteiger partial charge in [0.15, 0.2) is 0 Å². The molecule has 0 atom stereocenters. The van der Waals surface area contributed by atoms with Crippen molar-refractivity contribution in [1.82, 2.24) is 0 Å². The predicted molar refractivity (Wildman–Crippen MR) is 201 cm³/mol. The molecule has 0 aromatic rings. The van der Waals surface area contributed by atoms with Crippen LogP contribution in [0.1, 0.15) is 240 Å². The van der Waals surface area contributed by atoms with Gasteiger partial charge in [-0.2, -0.15) is 0 Å². The van der Waals surface area contributed by atoms with Gasteiger partial charge in [0.05, 0.1) is 26.2 Å². The molecule has 0 radical (unpaired) electrons. The molecule has 0 heterocycles. The highest BCUT2D eigenvalue weighted by Crippen LogP contribution is 2.20. The van der Waals surface area contributed by atoms with Crippen molar-refractivity contribution < 1.29 is 14.4 Å². The number of quaternary nitrogens is 1. The van der Waals surface area contributed by atoms with Crippen LogP contribution in [0.3, 0.4) is 0 Å². The fraction of sp³-hybridized carbons (Fsp3) is 0.976. The molecule has 272 valence electrons. The van der Waals surface area contributed by atoms with Crippen molar-refractivity contribution in [2.45, 2.75) is 240 Å². The van der Waals surface area contributed by atoms with Crippen LogP contribution < -0.4 is 5.11 Å². The van der Waals surface area contributed by atoms with Crippen molar-refractivity contribution >= 4 is 5.97 Å². The fourth-order valence-electron chi connectivity index (χ4n) is 6.81. The highest BCUT2D eigenvalue weighted by molar-refractivity contribution is 5.64. The van der Waals surface area contributed by atoms with Crippen LogP contribution in [0.15, 0.2) is 0 Å². The minimum atomic E-state index is -0.913. The van der Waals surface area contributed by atoms with Crippen molar-refractivity contribution in [3.05, 3.63) is 0 Å². The van der Waals surface area contributed by atoms with Crippen LogP contribution in [-0.4, -0.2) is 36.6 Å². The van der Waals surface area contributed by atoms with E-state index in [1.54, 1.807) is 0 Å². The molecule has 0 bridgehead atoms. The summed E-state index contributed by atoms with van der Waals surface area (Å²) in [6.45, 7) is 17.4. The number of carboxylic acids is 1. The van der Waals surface area contributed by atoms with E-state index in [0.717, 1.165) is 12.8 Å². The van der Waals surface area contributed by atoms with Gasteiger partial charge in [-0.05, 0) is 64.2 Å². The first-order chi connectivity index (χ1) is 22.0. The molecule has 45 heavy (non-hydrogen) atoms. The Morgan fingerprint density at radius 1 is 0.333 bits per heavy atom. The van der Waals surface area contributed by atoms with Gasteiger partial charge in [-0.3, -0.25) is 0 Å². The van der Waals surface area contributed by atoms with E-state index in [1.165, 1.54) is 217 Å². The smallest absolute Gasteiger partial charge is 0.0786 e. The predicted octanol–water partition coefficient (Wildman–Crippen LogP) is 13.1. The number of nitrogens with zero attached hydrogens (tertiary/aromatic N) is 1. The monoisotopic (exact) mass is 638 g/mol. The second-order valence-corrected chi connectivity index (χ2v) is 14.6. The van der Waals surface area contributed by atoms with Gasteiger partial charge in [0.1, 0.15) is 0 Å². The zero-order valence-electron chi connectivity index (χ0n) is 32.2. The van der Waals surface area contributed by atoms with E-state index < -0.39 is 5.97 Å². The lowest BCUT2D eigenvalue weighted by Crippen LogP contribution is -2.50. The van der Waals surface area contributed by atoms with Gasteiger partial charge < -0.3 is 14.4 Å². The summed E-state index contributed by atoms with van der Waals surface area (Å²) in [5.74, 6) is -0.913. The Morgan fingerprint density at radius 3 is 0.778 bits per heavy atom. The summed E-state index contributed by atoms with van der Waals surface area (Å²) in [5, 5.41) is 10.0. The molecule has 0 aromatic heterocycles. The molecular weight excluding hydrogens is 550 g/mol. The Labute approximate surface area is 286 Å². The van der Waals surface area contributed by atoms with E-state index in [0.29, 0.717) is 0 Å². The van der Waals surface area contributed by atoms with Crippen LogP contribution >= 0.6 is 0 Å². The van der Waals surface area contributed by atoms with Gasteiger partial charge in [0.2, 0.25) is 0 Å². The zero-order valence-corrected chi connectivity index (χ0v) is 32.2. The van der Waals surface area contributed by atoms with Gasteiger partial charge >= 0.3 is 0 Å². The molecular formula is C42H87NO2. The quantitative estimate of drug-likeness (QED) is 0.0506. The minimum Gasteiger partial charge on any atom is -0.550 e. The van der Waals surface area contributed by atoms with Crippen LogP contribution in [0.4, 0.5) is 0 Å². The summed E-state index contributed by atoms with van der Waals surface area (Å²) in [7, 11) is 0. The standard InChI is InChI=1S/C32H68N.C10H20O2/c1-5-9-13-17-18-19-20-21-22-23-24-28-32-33(29-25-14-10-6-2,30-26-15-11-7-3)31-27-16-12-8-4;1-2-3-4-5-6-7-8-9-10(11)12/h5-32H2,1-4H3;2-9H2,1H3,(H,11,12)/q+1;/p-1. The average Bonchev–Trinajstić information content (AvgIpc) is 3.03. The van der Waals surface area contributed by atoms with E-state index in [-0.39, 0.29) is 6.42 Å².